The lowest BCUT2D eigenvalue weighted by Crippen LogP contribution is -2.36. The minimum atomic E-state index is 0.759. The van der Waals surface area contributed by atoms with Gasteiger partial charge in [-0.25, -0.2) is 0 Å². The van der Waals surface area contributed by atoms with Gasteiger partial charge >= 0.3 is 0 Å². The van der Waals surface area contributed by atoms with Crippen LogP contribution in [0.25, 0.3) is 0 Å². The van der Waals surface area contributed by atoms with Crippen LogP contribution in [0.2, 0.25) is 0 Å². The molecule has 82 valence electrons. The second-order valence-corrected chi connectivity index (χ2v) is 6.03. The van der Waals surface area contributed by atoms with Gasteiger partial charge in [-0.05, 0) is 17.7 Å². The molecule has 1 aliphatic heterocycles. The number of hydrogen-bond donors (Lipinski definition) is 0. The normalized spacial score (nSPS) is 21.7. The van der Waals surface area contributed by atoms with E-state index < -0.39 is 0 Å². The van der Waals surface area contributed by atoms with E-state index >= 15 is 0 Å². The Hall–Kier alpha value is -0.150. The summed E-state index contributed by atoms with van der Waals surface area (Å²) in [6.07, 6.45) is 0. The maximum Gasteiger partial charge on any atom is 0.0367 e. The molecule has 1 fully saturated rings. The molecule has 1 saturated heterocycles. The lowest BCUT2D eigenvalue weighted by atomic mass is 10.2. The van der Waals surface area contributed by atoms with Crippen molar-refractivity contribution < 1.29 is 0 Å². The average Bonchev–Trinajstić information content (AvgIpc) is 2.29. The van der Waals surface area contributed by atoms with Crippen LogP contribution in [-0.4, -0.2) is 24.1 Å². The smallest absolute Gasteiger partial charge is 0.0367 e. The highest BCUT2D eigenvalue weighted by molar-refractivity contribution is 9.08. The van der Waals surface area contributed by atoms with Crippen molar-refractivity contribution in [3.63, 3.8) is 0 Å². The van der Waals surface area contributed by atoms with E-state index in [4.69, 9.17) is 0 Å². The molecule has 0 saturated carbocycles. The van der Waals surface area contributed by atoms with Crippen molar-refractivity contribution in [3.05, 3.63) is 29.8 Å². The quantitative estimate of drug-likeness (QED) is 0.765. The number of hydrogen-bond acceptors (Lipinski definition) is 2. The fraction of sp³-hybridized carbons (Fsp3) is 0.500. The molecule has 0 aliphatic carbocycles. The fourth-order valence-corrected chi connectivity index (χ4v) is 3.24. The maximum absolute atomic E-state index is 3.47. The summed E-state index contributed by atoms with van der Waals surface area (Å²) in [6.45, 7) is 4.67. The topological polar surface area (TPSA) is 3.24 Å². The Kier molecular flexibility index (Phi) is 3.98. The Balaban J connectivity index is 2.07. The zero-order valence-electron chi connectivity index (χ0n) is 8.95. The van der Waals surface area contributed by atoms with Gasteiger partial charge in [0, 0.05) is 35.1 Å². The van der Waals surface area contributed by atoms with Crippen molar-refractivity contribution in [2.75, 3.05) is 23.7 Å². The van der Waals surface area contributed by atoms with Crippen LogP contribution < -0.4 is 4.90 Å². The highest BCUT2D eigenvalue weighted by Gasteiger charge is 2.16. The monoisotopic (exact) mass is 285 g/mol. The first-order valence-electron chi connectivity index (χ1n) is 5.31. The number of nitrogens with zero attached hydrogens (tertiary/aromatic N) is 1. The van der Waals surface area contributed by atoms with Crippen LogP contribution in [0.5, 0.6) is 0 Å². The summed E-state index contributed by atoms with van der Waals surface area (Å²) in [7, 11) is 0. The first kappa shape index (κ1) is 11.3. The molecule has 1 aromatic rings. The van der Waals surface area contributed by atoms with Crippen LogP contribution in [0.4, 0.5) is 5.69 Å². The third-order valence-corrected chi connectivity index (χ3v) is 4.48. The number of alkyl halides is 1. The van der Waals surface area contributed by atoms with Crippen LogP contribution in [0, 0.1) is 0 Å². The minimum absolute atomic E-state index is 0.759. The molecule has 0 N–H and O–H groups in total. The predicted octanol–water partition coefficient (Wildman–Crippen LogP) is 3.52. The summed E-state index contributed by atoms with van der Waals surface area (Å²) in [6, 6.07) is 8.88. The molecule has 1 heterocycles. The van der Waals surface area contributed by atoms with Gasteiger partial charge in [-0.3, -0.25) is 0 Å². The van der Waals surface area contributed by atoms with Crippen molar-refractivity contribution in [1.82, 2.24) is 0 Å². The molecule has 0 amide bonds. The molecule has 0 aromatic heterocycles. The van der Waals surface area contributed by atoms with Crippen LogP contribution in [0.1, 0.15) is 12.5 Å². The molecule has 1 aliphatic rings. The van der Waals surface area contributed by atoms with Crippen LogP contribution in [0.15, 0.2) is 24.3 Å². The second-order valence-electron chi connectivity index (χ2n) is 3.93. The molecule has 0 bridgehead atoms. The first-order valence-corrected chi connectivity index (χ1v) is 7.48. The van der Waals surface area contributed by atoms with E-state index in [0.29, 0.717) is 0 Å². The van der Waals surface area contributed by atoms with Crippen LogP contribution in [-0.2, 0) is 5.33 Å². The van der Waals surface area contributed by atoms with Crippen molar-refractivity contribution in [3.8, 4) is 0 Å². The average molecular weight is 286 g/mol. The highest BCUT2D eigenvalue weighted by atomic mass is 79.9. The van der Waals surface area contributed by atoms with E-state index in [0.717, 1.165) is 10.6 Å². The van der Waals surface area contributed by atoms with Gasteiger partial charge in [0.05, 0.1) is 0 Å². The molecule has 1 nitrogen and oxygen atoms in total. The first-order chi connectivity index (χ1) is 7.29. The van der Waals surface area contributed by atoms with Gasteiger partial charge < -0.3 is 4.90 Å². The number of benzene rings is 1. The Morgan fingerprint density at radius 2 is 2.13 bits per heavy atom. The summed E-state index contributed by atoms with van der Waals surface area (Å²) >= 11 is 5.55. The lowest BCUT2D eigenvalue weighted by Gasteiger charge is -2.32. The lowest BCUT2D eigenvalue weighted by molar-refractivity contribution is 0.783. The fourth-order valence-electron chi connectivity index (χ4n) is 1.85. The Morgan fingerprint density at radius 3 is 2.73 bits per heavy atom. The van der Waals surface area contributed by atoms with E-state index in [1.807, 2.05) is 0 Å². The second kappa shape index (κ2) is 5.26. The number of rotatable bonds is 2. The Labute approximate surface area is 104 Å². The van der Waals surface area contributed by atoms with Crippen molar-refractivity contribution in [2.45, 2.75) is 17.5 Å². The largest absolute Gasteiger partial charge is 0.370 e. The van der Waals surface area contributed by atoms with E-state index in [-0.39, 0.29) is 0 Å². The third-order valence-electron chi connectivity index (χ3n) is 2.70. The molecular formula is C12H16BrNS. The van der Waals surface area contributed by atoms with Crippen molar-refractivity contribution in [2.24, 2.45) is 0 Å². The highest BCUT2D eigenvalue weighted by Crippen LogP contribution is 2.24. The third kappa shape index (κ3) is 2.91. The van der Waals surface area contributed by atoms with Crippen molar-refractivity contribution >= 4 is 33.4 Å². The molecule has 1 atom stereocenters. The van der Waals surface area contributed by atoms with Gasteiger partial charge in [-0.15, -0.1) is 0 Å². The summed E-state index contributed by atoms with van der Waals surface area (Å²) in [5.74, 6) is 1.25. The standard InChI is InChI=1S/C12H16BrNS/c1-10-9-14(6-7-15-10)12-4-2-11(8-13)3-5-12/h2-5,10H,6-9H2,1H3. The van der Waals surface area contributed by atoms with Gasteiger partial charge in [-0.2, -0.15) is 11.8 Å². The number of halogens is 1. The molecule has 1 unspecified atom stereocenters. The molecule has 1 aromatic carbocycles. The summed E-state index contributed by atoms with van der Waals surface area (Å²) in [5.41, 5.74) is 2.71. The van der Waals surface area contributed by atoms with Gasteiger partial charge in [0.15, 0.2) is 0 Å². The Morgan fingerprint density at radius 1 is 1.40 bits per heavy atom. The van der Waals surface area contributed by atoms with E-state index in [2.05, 4.69) is 63.8 Å². The van der Waals surface area contributed by atoms with Gasteiger partial charge in [0.25, 0.3) is 0 Å². The minimum Gasteiger partial charge on any atom is -0.370 e. The maximum atomic E-state index is 3.47. The predicted molar refractivity (Wildman–Crippen MR) is 73.2 cm³/mol. The SMILES string of the molecule is CC1CN(c2ccc(CBr)cc2)CCS1. The van der Waals surface area contributed by atoms with Crippen molar-refractivity contribution in [1.29, 1.82) is 0 Å². The molecule has 0 radical (unpaired) electrons. The van der Waals surface area contributed by atoms with Crippen LogP contribution >= 0.6 is 27.7 Å². The summed E-state index contributed by atoms with van der Waals surface area (Å²) in [5, 5.41) is 1.70. The van der Waals surface area contributed by atoms with E-state index in [1.54, 1.807) is 0 Å². The molecule has 3 heteroatoms. The molecule has 2 rings (SSSR count). The number of anilines is 1. The van der Waals surface area contributed by atoms with Crippen LogP contribution in [0.3, 0.4) is 0 Å². The number of thioether (sulfide) groups is 1. The molecule has 15 heavy (non-hydrogen) atoms. The van der Waals surface area contributed by atoms with Gasteiger partial charge in [0.2, 0.25) is 0 Å². The molecular weight excluding hydrogens is 270 g/mol. The van der Waals surface area contributed by atoms with E-state index in [1.165, 1.54) is 30.1 Å². The zero-order chi connectivity index (χ0) is 10.7. The molecule has 0 spiro atoms. The van der Waals surface area contributed by atoms with E-state index in [9.17, 15) is 0 Å². The van der Waals surface area contributed by atoms with Gasteiger partial charge in [-0.1, -0.05) is 35.0 Å². The zero-order valence-corrected chi connectivity index (χ0v) is 11.4. The summed E-state index contributed by atoms with van der Waals surface area (Å²) < 4.78 is 0. The van der Waals surface area contributed by atoms with Gasteiger partial charge in [0.1, 0.15) is 0 Å². The summed E-state index contributed by atoms with van der Waals surface area (Å²) in [4.78, 5) is 2.49. The Bertz CT molecular complexity index is 312.